The van der Waals surface area contributed by atoms with Crippen molar-refractivity contribution in [2.45, 2.75) is 20.8 Å². The molecule has 0 saturated heterocycles. The molecule has 5 aromatic rings. The lowest BCUT2D eigenvalue weighted by Gasteiger charge is -2.08. The van der Waals surface area contributed by atoms with Crippen molar-refractivity contribution in [3.8, 4) is 10.6 Å². The number of carbonyl (C=O) groups is 1. The van der Waals surface area contributed by atoms with Gasteiger partial charge in [-0.25, -0.2) is 9.97 Å². The molecule has 0 bridgehead atoms. The average Bonchev–Trinajstić information content (AvgIpc) is 3.40. The number of hydrogen-bond acceptors (Lipinski definition) is 7. The third-order valence-electron chi connectivity index (χ3n) is 4.98. The fourth-order valence-corrected chi connectivity index (χ4v) is 4.38. The minimum Gasteiger partial charge on any atom is -0.335 e. The van der Waals surface area contributed by atoms with Crippen LogP contribution in [0.4, 0.5) is 5.69 Å². The lowest BCUT2D eigenvalue weighted by atomic mass is 10.1. The SMILES string of the molecule is Cc1ccc(-c2cc(C(=O)Nc3cnc4c(c3)c(C)nn4C)c3c(C)noc3n2)s1. The average molecular weight is 418 g/mol. The van der Waals surface area contributed by atoms with E-state index >= 15 is 0 Å². The third kappa shape index (κ3) is 2.94. The number of anilines is 1. The summed E-state index contributed by atoms with van der Waals surface area (Å²) in [4.78, 5) is 24.4. The Kier molecular flexibility index (Phi) is 4.14. The Morgan fingerprint density at radius 1 is 1.17 bits per heavy atom. The van der Waals surface area contributed by atoms with Gasteiger partial charge >= 0.3 is 0 Å². The first-order valence-corrected chi connectivity index (χ1v) is 10.2. The standard InChI is InChI=1S/C21H18N6O2S/c1-10-5-6-17(30-10)16-8-15(18-12(3)26-29-21(18)24-16)20(28)23-13-7-14-11(2)25-27(4)19(14)22-9-13/h5-9H,1-4H3,(H,23,28). The maximum absolute atomic E-state index is 13.2. The molecule has 0 spiro atoms. The van der Waals surface area contributed by atoms with Crippen LogP contribution in [-0.2, 0) is 7.05 Å². The summed E-state index contributed by atoms with van der Waals surface area (Å²) in [5.74, 6) is -0.272. The molecular formula is C21H18N6O2S. The summed E-state index contributed by atoms with van der Waals surface area (Å²) in [5.41, 5.74) is 4.32. The number of pyridine rings is 2. The van der Waals surface area contributed by atoms with Gasteiger partial charge in [0.25, 0.3) is 11.6 Å². The van der Waals surface area contributed by atoms with Crippen LogP contribution in [0, 0.1) is 20.8 Å². The van der Waals surface area contributed by atoms with Gasteiger partial charge in [0, 0.05) is 17.3 Å². The van der Waals surface area contributed by atoms with Crippen LogP contribution in [0.15, 0.2) is 35.0 Å². The summed E-state index contributed by atoms with van der Waals surface area (Å²) in [6.07, 6.45) is 1.63. The van der Waals surface area contributed by atoms with Crippen molar-refractivity contribution >= 4 is 45.1 Å². The van der Waals surface area contributed by atoms with E-state index in [-0.39, 0.29) is 5.91 Å². The Balaban J connectivity index is 1.58. The number of fused-ring (bicyclic) bond motifs is 2. The number of aryl methyl sites for hydroxylation is 4. The predicted octanol–water partition coefficient (Wildman–Crippen LogP) is 4.41. The maximum atomic E-state index is 13.2. The Morgan fingerprint density at radius 2 is 2.00 bits per heavy atom. The van der Waals surface area contributed by atoms with Gasteiger partial charge in [-0.15, -0.1) is 11.3 Å². The molecule has 0 aliphatic rings. The second kappa shape index (κ2) is 6.74. The van der Waals surface area contributed by atoms with E-state index in [1.165, 1.54) is 0 Å². The normalized spacial score (nSPS) is 11.5. The quantitative estimate of drug-likeness (QED) is 0.466. The Morgan fingerprint density at radius 3 is 2.77 bits per heavy atom. The number of nitrogens with zero attached hydrogens (tertiary/aromatic N) is 5. The van der Waals surface area contributed by atoms with E-state index < -0.39 is 0 Å². The van der Waals surface area contributed by atoms with Crippen molar-refractivity contribution in [2.75, 3.05) is 5.32 Å². The summed E-state index contributed by atoms with van der Waals surface area (Å²) in [6.45, 7) is 5.74. The molecule has 0 atom stereocenters. The van der Waals surface area contributed by atoms with E-state index in [0.29, 0.717) is 33.7 Å². The first-order valence-electron chi connectivity index (χ1n) is 9.35. The predicted molar refractivity (Wildman–Crippen MR) is 116 cm³/mol. The largest absolute Gasteiger partial charge is 0.335 e. The van der Waals surface area contributed by atoms with Gasteiger partial charge in [0.1, 0.15) is 0 Å². The summed E-state index contributed by atoms with van der Waals surface area (Å²) >= 11 is 1.61. The number of aromatic nitrogens is 5. The summed E-state index contributed by atoms with van der Waals surface area (Å²) in [5, 5.41) is 12.8. The van der Waals surface area contributed by atoms with Gasteiger partial charge in [-0.3, -0.25) is 9.48 Å². The van der Waals surface area contributed by atoms with Crippen LogP contribution in [0.3, 0.4) is 0 Å². The van der Waals surface area contributed by atoms with Gasteiger partial charge < -0.3 is 9.84 Å². The number of hydrogen-bond donors (Lipinski definition) is 1. The molecule has 9 heteroatoms. The fourth-order valence-electron chi connectivity index (χ4n) is 3.55. The third-order valence-corrected chi connectivity index (χ3v) is 6.00. The molecule has 0 fully saturated rings. The van der Waals surface area contributed by atoms with Crippen LogP contribution in [0.1, 0.15) is 26.6 Å². The first-order chi connectivity index (χ1) is 14.4. The zero-order chi connectivity index (χ0) is 21.0. The van der Waals surface area contributed by atoms with Crippen molar-refractivity contribution in [1.29, 1.82) is 0 Å². The zero-order valence-corrected chi connectivity index (χ0v) is 17.7. The van der Waals surface area contributed by atoms with Crippen molar-refractivity contribution in [3.05, 3.63) is 52.3 Å². The van der Waals surface area contributed by atoms with Gasteiger partial charge in [0.2, 0.25) is 0 Å². The number of amides is 1. The molecule has 30 heavy (non-hydrogen) atoms. The maximum Gasteiger partial charge on any atom is 0.259 e. The van der Waals surface area contributed by atoms with E-state index in [1.807, 2.05) is 39.1 Å². The lowest BCUT2D eigenvalue weighted by molar-refractivity contribution is 0.102. The van der Waals surface area contributed by atoms with Gasteiger partial charge in [-0.1, -0.05) is 5.16 Å². The molecule has 0 unspecified atom stereocenters. The molecular weight excluding hydrogens is 400 g/mol. The van der Waals surface area contributed by atoms with E-state index in [4.69, 9.17) is 4.52 Å². The molecule has 5 aromatic heterocycles. The minimum absolute atomic E-state index is 0.272. The second-order valence-electron chi connectivity index (χ2n) is 7.17. The van der Waals surface area contributed by atoms with E-state index in [2.05, 4.69) is 25.5 Å². The van der Waals surface area contributed by atoms with Crippen LogP contribution in [0.25, 0.3) is 32.7 Å². The van der Waals surface area contributed by atoms with Crippen LogP contribution in [0.2, 0.25) is 0 Å². The molecule has 150 valence electrons. The van der Waals surface area contributed by atoms with Crippen LogP contribution in [0.5, 0.6) is 0 Å². The highest BCUT2D eigenvalue weighted by Gasteiger charge is 2.20. The summed E-state index contributed by atoms with van der Waals surface area (Å²) < 4.78 is 7.10. The molecule has 0 saturated carbocycles. The molecule has 0 aromatic carbocycles. The van der Waals surface area contributed by atoms with E-state index in [9.17, 15) is 4.79 Å². The molecule has 5 heterocycles. The van der Waals surface area contributed by atoms with Gasteiger partial charge in [0.05, 0.1) is 44.8 Å². The minimum atomic E-state index is -0.272. The highest BCUT2D eigenvalue weighted by Crippen LogP contribution is 2.31. The highest BCUT2D eigenvalue weighted by molar-refractivity contribution is 7.15. The van der Waals surface area contributed by atoms with E-state index in [1.54, 1.807) is 35.2 Å². The fraction of sp³-hybridized carbons (Fsp3) is 0.190. The Bertz CT molecular complexity index is 1450. The summed E-state index contributed by atoms with van der Waals surface area (Å²) in [6, 6.07) is 7.68. The molecule has 0 aliphatic heterocycles. The molecule has 1 amide bonds. The van der Waals surface area contributed by atoms with Crippen molar-refractivity contribution < 1.29 is 9.32 Å². The van der Waals surface area contributed by atoms with Crippen LogP contribution < -0.4 is 5.32 Å². The molecule has 8 nitrogen and oxygen atoms in total. The smallest absolute Gasteiger partial charge is 0.259 e. The van der Waals surface area contributed by atoms with Crippen molar-refractivity contribution in [1.82, 2.24) is 24.9 Å². The Hall–Kier alpha value is -3.59. The van der Waals surface area contributed by atoms with Crippen molar-refractivity contribution in [2.24, 2.45) is 7.05 Å². The molecule has 5 rings (SSSR count). The van der Waals surface area contributed by atoms with Gasteiger partial charge in [-0.05, 0) is 45.0 Å². The number of nitrogens with one attached hydrogen (secondary N) is 1. The number of carbonyl (C=O) groups excluding carboxylic acids is 1. The van der Waals surface area contributed by atoms with Gasteiger partial charge in [-0.2, -0.15) is 5.10 Å². The van der Waals surface area contributed by atoms with E-state index in [0.717, 1.165) is 26.5 Å². The summed E-state index contributed by atoms with van der Waals surface area (Å²) in [7, 11) is 1.84. The monoisotopic (exact) mass is 418 g/mol. The second-order valence-corrected chi connectivity index (χ2v) is 8.46. The lowest BCUT2D eigenvalue weighted by Crippen LogP contribution is -2.13. The Labute approximate surface area is 175 Å². The highest BCUT2D eigenvalue weighted by atomic mass is 32.1. The zero-order valence-electron chi connectivity index (χ0n) is 16.8. The number of rotatable bonds is 3. The van der Waals surface area contributed by atoms with Crippen LogP contribution >= 0.6 is 11.3 Å². The van der Waals surface area contributed by atoms with Crippen LogP contribution in [-0.4, -0.2) is 30.8 Å². The first kappa shape index (κ1) is 18.4. The number of thiophene rings is 1. The molecule has 0 radical (unpaired) electrons. The topological polar surface area (TPSA) is 98.7 Å². The van der Waals surface area contributed by atoms with Crippen molar-refractivity contribution in [3.63, 3.8) is 0 Å². The molecule has 0 aliphatic carbocycles. The molecule has 1 N–H and O–H groups in total. The van der Waals surface area contributed by atoms with Gasteiger partial charge in [0.15, 0.2) is 5.65 Å².